The Balaban J connectivity index is 2.23. The standard InChI is InChI=1S/C13H11ClO2/c1-9-7-11(8-16-9)13(15)12(14)10-5-3-2-4-6-10/h2-8,12H,1H3. The van der Waals surface area contributed by atoms with Gasteiger partial charge in [-0.1, -0.05) is 30.3 Å². The molecular formula is C13H11ClO2. The second-order valence-corrected chi connectivity index (χ2v) is 4.02. The molecule has 0 radical (unpaired) electrons. The van der Waals surface area contributed by atoms with E-state index in [1.54, 1.807) is 13.0 Å². The highest BCUT2D eigenvalue weighted by Crippen LogP contribution is 2.25. The quantitative estimate of drug-likeness (QED) is 0.598. The van der Waals surface area contributed by atoms with Gasteiger partial charge in [-0.25, -0.2) is 0 Å². The van der Waals surface area contributed by atoms with Gasteiger partial charge in [-0.15, -0.1) is 11.6 Å². The molecule has 0 N–H and O–H groups in total. The van der Waals surface area contributed by atoms with Gasteiger partial charge >= 0.3 is 0 Å². The minimum Gasteiger partial charge on any atom is -0.469 e. The van der Waals surface area contributed by atoms with Gasteiger partial charge in [-0.05, 0) is 18.6 Å². The van der Waals surface area contributed by atoms with E-state index in [2.05, 4.69) is 0 Å². The number of ketones is 1. The van der Waals surface area contributed by atoms with Crippen LogP contribution < -0.4 is 0 Å². The van der Waals surface area contributed by atoms with Crippen LogP contribution in [-0.2, 0) is 0 Å². The zero-order valence-electron chi connectivity index (χ0n) is 8.81. The third kappa shape index (κ3) is 2.17. The van der Waals surface area contributed by atoms with Gasteiger partial charge in [0.1, 0.15) is 17.4 Å². The first-order valence-corrected chi connectivity index (χ1v) is 5.40. The Labute approximate surface area is 98.8 Å². The van der Waals surface area contributed by atoms with E-state index in [0.717, 1.165) is 5.56 Å². The topological polar surface area (TPSA) is 30.2 Å². The molecule has 1 aromatic carbocycles. The monoisotopic (exact) mass is 234 g/mol. The smallest absolute Gasteiger partial charge is 0.188 e. The van der Waals surface area contributed by atoms with Gasteiger partial charge in [-0.2, -0.15) is 0 Å². The number of alkyl halides is 1. The summed E-state index contributed by atoms with van der Waals surface area (Å²) in [5.74, 6) is 0.574. The van der Waals surface area contributed by atoms with Gasteiger partial charge in [0.15, 0.2) is 5.78 Å². The van der Waals surface area contributed by atoms with E-state index >= 15 is 0 Å². The third-order valence-electron chi connectivity index (χ3n) is 2.34. The average Bonchev–Trinajstić information content (AvgIpc) is 2.75. The van der Waals surface area contributed by atoms with Gasteiger partial charge in [0.05, 0.1) is 5.56 Å². The normalized spacial score (nSPS) is 12.4. The SMILES string of the molecule is Cc1cc(C(=O)C(Cl)c2ccccc2)co1. The number of rotatable bonds is 3. The van der Waals surface area contributed by atoms with Crippen LogP contribution in [0.3, 0.4) is 0 Å². The highest BCUT2D eigenvalue weighted by atomic mass is 35.5. The summed E-state index contributed by atoms with van der Waals surface area (Å²) >= 11 is 6.11. The predicted molar refractivity (Wildman–Crippen MR) is 62.8 cm³/mol. The summed E-state index contributed by atoms with van der Waals surface area (Å²) in [7, 11) is 0. The molecule has 3 heteroatoms. The summed E-state index contributed by atoms with van der Waals surface area (Å²) in [6, 6.07) is 11.0. The van der Waals surface area contributed by atoms with Crippen molar-refractivity contribution in [2.24, 2.45) is 0 Å². The number of aryl methyl sites for hydroxylation is 1. The summed E-state index contributed by atoms with van der Waals surface area (Å²) < 4.78 is 5.09. The zero-order valence-corrected chi connectivity index (χ0v) is 9.57. The first kappa shape index (κ1) is 11.0. The molecule has 16 heavy (non-hydrogen) atoms. The molecule has 0 saturated heterocycles. The van der Waals surface area contributed by atoms with E-state index in [0.29, 0.717) is 11.3 Å². The molecule has 1 aromatic heterocycles. The number of hydrogen-bond donors (Lipinski definition) is 0. The highest BCUT2D eigenvalue weighted by Gasteiger charge is 2.20. The van der Waals surface area contributed by atoms with E-state index in [1.165, 1.54) is 6.26 Å². The minimum atomic E-state index is -0.654. The lowest BCUT2D eigenvalue weighted by Crippen LogP contribution is -2.06. The number of Topliss-reactive ketones (excluding diaryl/α,β-unsaturated/α-hetero) is 1. The van der Waals surface area contributed by atoms with E-state index < -0.39 is 5.38 Å². The average molecular weight is 235 g/mol. The summed E-state index contributed by atoms with van der Waals surface area (Å²) in [4.78, 5) is 12.0. The number of hydrogen-bond acceptors (Lipinski definition) is 2. The first-order valence-electron chi connectivity index (χ1n) is 4.97. The summed E-state index contributed by atoms with van der Waals surface area (Å²) in [6.45, 7) is 1.79. The van der Waals surface area contributed by atoms with Crippen molar-refractivity contribution in [2.75, 3.05) is 0 Å². The van der Waals surface area contributed by atoms with Crippen molar-refractivity contribution in [3.05, 3.63) is 59.5 Å². The summed E-state index contributed by atoms with van der Waals surface area (Å²) in [5, 5.41) is -0.654. The molecule has 0 aliphatic heterocycles. The van der Waals surface area contributed by atoms with Gasteiger partial charge in [-0.3, -0.25) is 4.79 Å². The molecule has 1 unspecified atom stereocenters. The molecular weight excluding hydrogens is 224 g/mol. The lowest BCUT2D eigenvalue weighted by Gasteiger charge is -2.06. The van der Waals surface area contributed by atoms with Crippen LogP contribution in [0.15, 0.2) is 47.1 Å². The molecule has 0 fully saturated rings. The molecule has 0 bridgehead atoms. The number of halogens is 1. The van der Waals surface area contributed by atoms with Gasteiger partial charge in [0.2, 0.25) is 0 Å². The largest absolute Gasteiger partial charge is 0.469 e. The molecule has 0 spiro atoms. The number of benzene rings is 1. The van der Waals surface area contributed by atoms with E-state index in [1.807, 2.05) is 30.3 Å². The Kier molecular flexibility index (Phi) is 3.11. The van der Waals surface area contributed by atoms with Crippen LogP contribution in [0.5, 0.6) is 0 Å². The second kappa shape index (κ2) is 4.54. The van der Waals surface area contributed by atoms with Crippen molar-refractivity contribution in [2.45, 2.75) is 12.3 Å². The Morgan fingerprint density at radius 3 is 2.56 bits per heavy atom. The Morgan fingerprint density at radius 2 is 2.00 bits per heavy atom. The van der Waals surface area contributed by atoms with Crippen molar-refractivity contribution in [3.63, 3.8) is 0 Å². The maximum absolute atomic E-state index is 12.0. The fourth-order valence-electron chi connectivity index (χ4n) is 1.49. The fraction of sp³-hybridized carbons (Fsp3) is 0.154. The molecule has 2 nitrogen and oxygen atoms in total. The van der Waals surface area contributed by atoms with Crippen LogP contribution in [0.1, 0.15) is 27.1 Å². The van der Waals surface area contributed by atoms with Crippen LogP contribution >= 0.6 is 11.6 Å². The second-order valence-electron chi connectivity index (χ2n) is 3.58. The molecule has 2 aromatic rings. The molecule has 2 rings (SSSR count). The number of carbonyl (C=O) groups excluding carboxylic acids is 1. The van der Waals surface area contributed by atoms with Crippen molar-refractivity contribution in [1.29, 1.82) is 0 Å². The van der Waals surface area contributed by atoms with Crippen LogP contribution in [0, 0.1) is 6.92 Å². The van der Waals surface area contributed by atoms with Crippen molar-refractivity contribution in [1.82, 2.24) is 0 Å². The molecule has 1 heterocycles. The van der Waals surface area contributed by atoms with Crippen LogP contribution in [0.25, 0.3) is 0 Å². The maximum atomic E-state index is 12.0. The fourth-order valence-corrected chi connectivity index (χ4v) is 1.76. The van der Waals surface area contributed by atoms with Gasteiger partial charge in [0.25, 0.3) is 0 Å². The molecule has 0 amide bonds. The van der Waals surface area contributed by atoms with Crippen LogP contribution in [-0.4, -0.2) is 5.78 Å². The van der Waals surface area contributed by atoms with E-state index in [-0.39, 0.29) is 5.78 Å². The molecule has 1 atom stereocenters. The van der Waals surface area contributed by atoms with Crippen LogP contribution in [0.2, 0.25) is 0 Å². The lowest BCUT2D eigenvalue weighted by molar-refractivity contribution is 0.0986. The van der Waals surface area contributed by atoms with Crippen LogP contribution in [0.4, 0.5) is 0 Å². The highest BCUT2D eigenvalue weighted by molar-refractivity contribution is 6.33. The third-order valence-corrected chi connectivity index (χ3v) is 2.79. The molecule has 0 aliphatic rings. The predicted octanol–water partition coefficient (Wildman–Crippen LogP) is 3.75. The van der Waals surface area contributed by atoms with Crippen molar-refractivity contribution >= 4 is 17.4 Å². The molecule has 0 aliphatic carbocycles. The lowest BCUT2D eigenvalue weighted by atomic mass is 10.0. The van der Waals surface area contributed by atoms with E-state index in [9.17, 15) is 4.79 Å². The van der Waals surface area contributed by atoms with Gasteiger partial charge in [0, 0.05) is 0 Å². The Morgan fingerprint density at radius 1 is 1.31 bits per heavy atom. The minimum absolute atomic E-state index is 0.135. The Bertz CT molecular complexity index is 488. The molecule has 82 valence electrons. The first-order chi connectivity index (χ1) is 7.68. The zero-order chi connectivity index (χ0) is 11.5. The molecule has 0 saturated carbocycles. The maximum Gasteiger partial charge on any atom is 0.188 e. The van der Waals surface area contributed by atoms with Crippen molar-refractivity contribution in [3.8, 4) is 0 Å². The van der Waals surface area contributed by atoms with Gasteiger partial charge < -0.3 is 4.42 Å². The van der Waals surface area contributed by atoms with Crippen molar-refractivity contribution < 1.29 is 9.21 Å². The Hall–Kier alpha value is -1.54. The summed E-state index contributed by atoms with van der Waals surface area (Å²) in [5.41, 5.74) is 1.31. The van der Waals surface area contributed by atoms with E-state index in [4.69, 9.17) is 16.0 Å². The number of furan rings is 1. The summed E-state index contributed by atoms with van der Waals surface area (Å²) in [6.07, 6.45) is 1.44. The number of carbonyl (C=O) groups is 1.